The van der Waals surface area contributed by atoms with Gasteiger partial charge in [-0.3, -0.25) is 4.79 Å². The molecule has 0 radical (unpaired) electrons. The summed E-state index contributed by atoms with van der Waals surface area (Å²) in [7, 11) is 0. The second-order valence-corrected chi connectivity index (χ2v) is 6.44. The summed E-state index contributed by atoms with van der Waals surface area (Å²) in [6, 6.07) is 8.83. The molecule has 0 bridgehead atoms. The molecule has 0 aliphatic heterocycles. The van der Waals surface area contributed by atoms with Crippen LogP contribution in [0.25, 0.3) is 0 Å². The quantitative estimate of drug-likeness (QED) is 0.797. The lowest BCUT2D eigenvalue weighted by Gasteiger charge is -2.25. The van der Waals surface area contributed by atoms with Crippen molar-refractivity contribution >= 4 is 5.97 Å². The minimum atomic E-state index is -0.800. The molecular formula is C18H27NO2. The number of hydrogen-bond donors (Lipinski definition) is 2. The summed E-state index contributed by atoms with van der Waals surface area (Å²) in [4.78, 5) is 11.4. The zero-order chi connectivity index (χ0) is 15.1. The molecule has 2 rings (SSSR count). The summed E-state index contributed by atoms with van der Waals surface area (Å²) < 4.78 is 0. The molecule has 1 aliphatic carbocycles. The van der Waals surface area contributed by atoms with Gasteiger partial charge in [0.25, 0.3) is 0 Å². The van der Waals surface area contributed by atoms with Gasteiger partial charge in [-0.15, -0.1) is 0 Å². The summed E-state index contributed by atoms with van der Waals surface area (Å²) in [5, 5.41) is 12.6. The van der Waals surface area contributed by atoms with Crippen molar-refractivity contribution in [2.75, 3.05) is 6.54 Å². The van der Waals surface area contributed by atoms with Crippen LogP contribution in [0, 0.1) is 11.8 Å². The van der Waals surface area contributed by atoms with E-state index < -0.39 is 12.0 Å². The molecule has 3 nitrogen and oxygen atoms in total. The van der Waals surface area contributed by atoms with Crippen molar-refractivity contribution in [2.45, 2.75) is 51.5 Å². The maximum atomic E-state index is 11.4. The SMILES string of the molecule is CC(CN[C@@H](C(=O)O)c1ccccc1)CC1CCCCC1. The molecule has 1 unspecified atom stereocenters. The summed E-state index contributed by atoms with van der Waals surface area (Å²) in [5.41, 5.74) is 0.829. The van der Waals surface area contributed by atoms with Crippen molar-refractivity contribution in [3.8, 4) is 0 Å². The predicted octanol–water partition coefficient (Wildman–Crippen LogP) is 4.01. The van der Waals surface area contributed by atoms with Gasteiger partial charge in [0, 0.05) is 0 Å². The normalized spacial score (nSPS) is 19.1. The third kappa shape index (κ3) is 5.16. The van der Waals surface area contributed by atoms with E-state index in [1.165, 1.54) is 38.5 Å². The first-order valence-electron chi connectivity index (χ1n) is 8.18. The van der Waals surface area contributed by atoms with Crippen molar-refractivity contribution in [3.63, 3.8) is 0 Å². The standard InChI is InChI=1S/C18H27NO2/c1-14(12-15-8-4-2-5-9-15)13-19-17(18(20)21)16-10-6-3-7-11-16/h3,6-7,10-11,14-15,17,19H,2,4-5,8-9,12-13H2,1H3,(H,20,21)/t14?,17-/m1/s1. The number of carboxylic acid groups (broad SMARTS) is 1. The molecule has 0 aromatic heterocycles. The number of hydrogen-bond acceptors (Lipinski definition) is 2. The Labute approximate surface area is 127 Å². The van der Waals surface area contributed by atoms with Crippen LogP contribution in [0.1, 0.15) is 57.1 Å². The van der Waals surface area contributed by atoms with Crippen molar-refractivity contribution in [1.29, 1.82) is 0 Å². The Kier molecular flexibility index (Phi) is 6.24. The fraction of sp³-hybridized carbons (Fsp3) is 0.611. The van der Waals surface area contributed by atoms with Gasteiger partial charge in [0.05, 0.1) is 0 Å². The van der Waals surface area contributed by atoms with E-state index in [-0.39, 0.29) is 0 Å². The highest BCUT2D eigenvalue weighted by Crippen LogP contribution is 2.29. The smallest absolute Gasteiger partial charge is 0.325 e. The first-order chi connectivity index (χ1) is 10.2. The van der Waals surface area contributed by atoms with E-state index >= 15 is 0 Å². The topological polar surface area (TPSA) is 49.3 Å². The zero-order valence-corrected chi connectivity index (χ0v) is 12.9. The number of benzene rings is 1. The second-order valence-electron chi connectivity index (χ2n) is 6.44. The average Bonchev–Trinajstić information content (AvgIpc) is 2.49. The van der Waals surface area contributed by atoms with E-state index in [2.05, 4.69) is 12.2 Å². The second kappa shape index (κ2) is 8.18. The van der Waals surface area contributed by atoms with Crippen molar-refractivity contribution in [2.24, 2.45) is 11.8 Å². The van der Waals surface area contributed by atoms with Crippen LogP contribution in [-0.2, 0) is 4.79 Å². The molecule has 1 aliphatic rings. The van der Waals surface area contributed by atoms with Crippen LogP contribution >= 0.6 is 0 Å². The summed E-state index contributed by atoms with van der Waals surface area (Å²) in [6.45, 7) is 2.99. The molecule has 2 atom stereocenters. The first kappa shape index (κ1) is 16.0. The molecule has 2 N–H and O–H groups in total. The van der Waals surface area contributed by atoms with Gasteiger partial charge in [-0.1, -0.05) is 69.4 Å². The van der Waals surface area contributed by atoms with E-state index in [4.69, 9.17) is 0 Å². The Balaban J connectivity index is 1.82. The highest BCUT2D eigenvalue weighted by Gasteiger charge is 2.21. The van der Waals surface area contributed by atoms with Crippen LogP contribution in [0.5, 0.6) is 0 Å². The molecule has 1 saturated carbocycles. The van der Waals surface area contributed by atoms with Crippen LogP contribution in [0.3, 0.4) is 0 Å². The van der Waals surface area contributed by atoms with Crippen LogP contribution in [0.2, 0.25) is 0 Å². The lowest BCUT2D eigenvalue weighted by molar-refractivity contribution is -0.139. The molecule has 0 spiro atoms. The van der Waals surface area contributed by atoms with E-state index in [9.17, 15) is 9.90 Å². The molecule has 116 valence electrons. The summed E-state index contributed by atoms with van der Waals surface area (Å²) >= 11 is 0. The van der Waals surface area contributed by atoms with Crippen LogP contribution in [0.15, 0.2) is 30.3 Å². The molecule has 0 heterocycles. The van der Waals surface area contributed by atoms with Gasteiger partial charge in [-0.05, 0) is 30.4 Å². The molecule has 1 aromatic rings. The largest absolute Gasteiger partial charge is 0.480 e. The summed E-state index contributed by atoms with van der Waals surface area (Å²) in [6.07, 6.45) is 8.04. The lowest BCUT2D eigenvalue weighted by Crippen LogP contribution is -2.32. The van der Waals surface area contributed by atoms with Gasteiger partial charge in [0.15, 0.2) is 0 Å². The maximum absolute atomic E-state index is 11.4. The Hall–Kier alpha value is -1.35. The Morgan fingerprint density at radius 2 is 1.90 bits per heavy atom. The first-order valence-corrected chi connectivity index (χ1v) is 8.18. The van der Waals surface area contributed by atoms with E-state index in [0.717, 1.165) is 18.0 Å². The predicted molar refractivity (Wildman–Crippen MR) is 85.2 cm³/mol. The number of carbonyl (C=O) groups is 1. The van der Waals surface area contributed by atoms with Gasteiger partial charge in [0.1, 0.15) is 6.04 Å². The average molecular weight is 289 g/mol. The fourth-order valence-corrected chi connectivity index (χ4v) is 3.39. The number of nitrogens with one attached hydrogen (secondary N) is 1. The Morgan fingerprint density at radius 3 is 2.52 bits per heavy atom. The number of aliphatic carboxylic acids is 1. The highest BCUT2D eigenvalue weighted by atomic mass is 16.4. The van der Waals surface area contributed by atoms with Gasteiger partial charge >= 0.3 is 5.97 Å². The molecule has 3 heteroatoms. The highest BCUT2D eigenvalue weighted by molar-refractivity contribution is 5.75. The molecule has 1 fully saturated rings. The minimum Gasteiger partial charge on any atom is -0.480 e. The molecule has 1 aromatic carbocycles. The fourth-order valence-electron chi connectivity index (χ4n) is 3.39. The molecule has 0 amide bonds. The molecule has 21 heavy (non-hydrogen) atoms. The lowest BCUT2D eigenvalue weighted by atomic mass is 9.83. The molecule has 0 saturated heterocycles. The third-order valence-corrected chi connectivity index (χ3v) is 4.51. The minimum absolute atomic E-state index is 0.527. The van der Waals surface area contributed by atoms with E-state index in [1.807, 2.05) is 30.3 Å². The van der Waals surface area contributed by atoms with E-state index in [0.29, 0.717) is 5.92 Å². The van der Waals surface area contributed by atoms with Crippen LogP contribution in [-0.4, -0.2) is 17.6 Å². The Morgan fingerprint density at radius 1 is 1.24 bits per heavy atom. The number of rotatable bonds is 7. The van der Waals surface area contributed by atoms with Crippen LogP contribution < -0.4 is 5.32 Å². The van der Waals surface area contributed by atoms with Crippen LogP contribution in [0.4, 0.5) is 0 Å². The van der Waals surface area contributed by atoms with Gasteiger partial charge in [-0.25, -0.2) is 0 Å². The maximum Gasteiger partial charge on any atom is 0.325 e. The van der Waals surface area contributed by atoms with Crippen molar-refractivity contribution in [1.82, 2.24) is 5.32 Å². The zero-order valence-electron chi connectivity index (χ0n) is 12.9. The monoisotopic (exact) mass is 289 g/mol. The number of carboxylic acids is 1. The van der Waals surface area contributed by atoms with Crippen molar-refractivity contribution < 1.29 is 9.90 Å². The Bertz CT molecular complexity index is 426. The van der Waals surface area contributed by atoms with Gasteiger partial charge in [0.2, 0.25) is 0 Å². The summed E-state index contributed by atoms with van der Waals surface area (Å²) in [5.74, 6) is 0.570. The molecular weight excluding hydrogens is 262 g/mol. The van der Waals surface area contributed by atoms with Crippen molar-refractivity contribution in [3.05, 3.63) is 35.9 Å². The third-order valence-electron chi connectivity index (χ3n) is 4.51. The van der Waals surface area contributed by atoms with Gasteiger partial charge in [-0.2, -0.15) is 0 Å². The van der Waals surface area contributed by atoms with E-state index in [1.54, 1.807) is 0 Å². The van der Waals surface area contributed by atoms with Gasteiger partial charge < -0.3 is 10.4 Å².